The molecule has 176 valence electrons. The van der Waals surface area contributed by atoms with Crippen molar-refractivity contribution in [3.05, 3.63) is 83.8 Å². The summed E-state index contributed by atoms with van der Waals surface area (Å²) < 4.78 is 49.4. The Kier molecular flexibility index (Phi) is 8.69. The summed E-state index contributed by atoms with van der Waals surface area (Å²) in [5.41, 5.74) is 6.48. The average molecular weight is 478 g/mol. The van der Waals surface area contributed by atoms with Gasteiger partial charge in [0.2, 0.25) is 0 Å². The highest BCUT2D eigenvalue weighted by molar-refractivity contribution is 7.92. The van der Waals surface area contributed by atoms with Crippen molar-refractivity contribution in [1.82, 2.24) is 5.32 Å². The summed E-state index contributed by atoms with van der Waals surface area (Å²) in [5.74, 6) is -1.26. The predicted molar refractivity (Wildman–Crippen MR) is 127 cm³/mol. The standard InChI is InChI=1S/C22H25F2N5O3S/c1-14(28-21(19(24)12-25)18-9-8-16(23)11-20(18)32-3)27-17-7-5-6-15(10-17)13-33(4,31)29-22(30)26-2/h5-12,27H,1,13,25H2,2-4H3,(H,26,30)/b19-12+,28-21?. The molecule has 1 unspecified atom stereocenters. The minimum absolute atomic E-state index is 0.0360. The van der Waals surface area contributed by atoms with E-state index in [1.54, 1.807) is 24.3 Å². The van der Waals surface area contributed by atoms with Crippen molar-refractivity contribution in [2.24, 2.45) is 15.1 Å². The van der Waals surface area contributed by atoms with Crippen molar-refractivity contribution < 1.29 is 22.5 Å². The lowest BCUT2D eigenvalue weighted by atomic mass is 10.1. The molecule has 0 radical (unpaired) electrons. The Morgan fingerprint density at radius 2 is 2.03 bits per heavy atom. The van der Waals surface area contributed by atoms with Crippen LogP contribution in [0.25, 0.3) is 0 Å². The minimum Gasteiger partial charge on any atom is -0.496 e. The van der Waals surface area contributed by atoms with Gasteiger partial charge in [-0.05, 0) is 29.8 Å². The molecule has 0 aliphatic heterocycles. The first-order valence-corrected chi connectivity index (χ1v) is 11.6. The summed E-state index contributed by atoms with van der Waals surface area (Å²) in [5, 5.41) is 5.22. The third-order valence-electron chi connectivity index (χ3n) is 4.18. The summed E-state index contributed by atoms with van der Waals surface area (Å²) in [4.78, 5) is 15.6. The minimum atomic E-state index is -2.80. The molecule has 0 saturated heterocycles. The summed E-state index contributed by atoms with van der Waals surface area (Å²) >= 11 is 0. The van der Waals surface area contributed by atoms with Crippen LogP contribution < -0.4 is 21.1 Å². The molecule has 0 spiro atoms. The summed E-state index contributed by atoms with van der Waals surface area (Å²) in [6, 6.07) is 9.70. The quantitative estimate of drug-likeness (QED) is 0.498. The van der Waals surface area contributed by atoms with Gasteiger partial charge in [-0.2, -0.15) is 0 Å². The summed E-state index contributed by atoms with van der Waals surface area (Å²) in [7, 11) is -0.0829. The molecule has 0 saturated carbocycles. The van der Waals surface area contributed by atoms with E-state index in [4.69, 9.17) is 10.5 Å². The number of hydrogen-bond donors (Lipinski definition) is 3. The fraction of sp³-hybridized carbons (Fsp3) is 0.182. The first-order chi connectivity index (χ1) is 15.6. The first-order valence-electron chi connectivity index (χ1n) is 9.55. The van der Waals surface area contributed by atoms with E-state index >= 15 is 0 Å². The largest absolute Gasteiger partial charge is 0.496 e. The van der Waals surface area contributed by atoms with Crippen molar-refractivity contribution in [1.29, 1.82) is 0 Å². The Bertz CT molecular complexity index is 1230. The number of nitrogens with zero attached hydrogens (tertiary/aromatic N) is 2. The molecule has 2 amide bonds. The fourth-order valence-corrected chi connectivity index (χ4v) is 4.12. The van der Waals surface area contributed by atoms with Crippen LogP contribution >= 0.6 is 0 Å². The van der Waals surface area contributed by atoms with Crippen molar-refractivity contribution in [2.75, 3.05) is 25.7 Å². The second kappa shape index (κ2) is 11.2. The zero-order chi connectivity index (χ0) is 24.6. The Labute approximate surface area is 191 Å². The SMILES string of the molecule is C=C(N=C(/C(F)=C\N)c1ccc(F)cc1OC)Nc1cccc(CS(C)(=O)=NC(=O)NC)c1. The number of carbonyl (C=O) groups is 1. The number of amides is 2. The second-order valence-corrected chi connectivity index (χ2v) is 9.23. The molecule has 0 heterocycles. The van der Waals surface area contributed by atoms with Crippen LogP contribution in [0.15, 0.2) is 76.2 Å². The van der Waals surface area contributed by atoms with Gasteiger partial charge in [0.15, 0.2) is 5.83 Å². The fourth-order valence-electron chi connectivity index (χ4n) is 2.81. The molecule has 2 aromatic rings. The number of urea groups is 1. The molecule has 0 bridgehead atoms. The number of rotatable bonds is 8. The highest BCUT2D eigenvalue weighted by Crippen LogP contribution is 2.25. The Hall–Kier alpha value is -3.73. The van der Waals surface area contributed by atoms with Gasteiger partial charge in [-0.25, -0.2) is 22.8 Å². The lowest BCUT2D eigenvalue weighted by molar-refractivity contribution is 0.251. The molecule has 0 aliphatic rings. The second-order valence-electron chi connectivity index (χ2n) is 6.84. The van der Waals surface area contributed by atoms with Crippen molar-refractivity contribution >= 4 is 27.2 Å². The van der Waals surface area contributed by atoms with E-state index in [1.165, 1.54) is 26.5 Å². The number of halogens is 2. The molecular weight excluding hydrogens is 452 g/mol. The smallest absolute Gasteiger partial charge is 0.348 e. The summed E-state index contributed by atoms with van der Waals surface area (Å²) in [6.45, 7) is 3.78. The van der Waals surface area contributed by atoms with Crippen molar-refractivity contribution in [3.8, 4) is 5.75 Å². The molecule has 2 aromatic carbocycles. The number of allylic oxidation sites excluding steroid dienone is 1. The Morgan fingerprint density at radius 3 is 2.67 bits per heavy atom. The van der Waals surface area contributed by atoms with Crippen LogP contribution in [0.1, 0.15) is 11.1 Å². The predicted octanol–water partition coefficient (Wildman–Crippen LogP) is 3.91. The van der Waals surface area contributed by atoms with E-state index in [0.717, 1.165) is 18.3 Å². The third-order valence-corrected chi connectivity index (χ3v) is 5.60. The molecule has 8 nitrogen and oxygen atoms in total. The number of anilines is 1. The van der Waals surface area contributed by atoms with Gasteiger partial charge in [0, 0.05) is 36.8 Å². The molecule has 0 aliphatic carbocycles. The molecular formula is C22H25F2N5O3S. The van der Waals surface area contributed by atoms with Gasteiger partial charge in [-0.15, -0.1) is 4.36 Å². The molecule has 0 aromatic heterocycles. The van der Waals surface area contributed by atoms with Gasteiger partial charge in [0.1, 0.15) is 23.1 Å². The number of hydrogen-bond acceptors (Lipinski definition) is 6. The number of carbonyl (C=O) groups excluding carboxylic acids is 1. The first kappa shape index (κ1) is 25.5. The Morgan fingerprint density at radius 1 is 1.30 bits per heavy atom. The number of nitrogens with two attached hydrogens (primary N) is 1. The van der Waals surface area contributed by atoms with Crippen LogP contribution in [0.3, 0.4) is 0 Å². The van der Waals surface area contributed by atoms with E-state index < -0.39 is 27.4 Å². The number of methoxy groups -OCH3 is 1. The van der Waals surface area contributed by atoms with Crippen LogP contribution in [-0.4, -0.2) is 36.4 Å². The van der Waals surface area contributed by atoms with Crippen LogP contribution in [0.2, 0.25) is 0 Å². The Balaban J connectivity index is 2.33. The topological polar surface area (TPSA) is 118 Å². The zero-order valence-electron chi connectivity index (χ0n) is 18.4. The molecule has 0 fully saturated rings. The van der Waals surface area contributed by atoms with Gasteiger partial charge < -0.3 is 21.1 Å². The average Bonchev–Trinajstić information content (AvgIpc) is 2.76. The van der Waals surface area contributed by atoms with Gasteiger partial charge >= 0.3 is 6.03 Å². The van der Waals surface area contributed by atoms with Crippen molar-refractivity contribution in [2.45, 2.75) is 5.75 Å². The maximum absolute atomic E-state index is 14.5. The van der Waals surface area contributed by atoms with Crippen molar-refractivity contribution in [3.63, 3.8) is 0 Å². The number of benzene rings is 2. The van der Waals surface area contributed by atoms with E-state index in [9.17, 15) is 17.8 Å². The maximum atomic E-state index is 14.5. The molecule has 2 rings (SSSR count). The lowest BCUT2D eigenvalue weighted by Gasteiger charge is -2.13. The summed E-state index contributed by atoms with van der Waals surface area (Å²) in [6.07, 6.45) is 2.11. The number of ether oxygens (including phenoxy) is 1. The van der Waals surface area contributed by atoms with E-state index in [2.05, 4.69) is 26.6 Å². The highest BCUT2D eigenvalue weighted by Gasteiger charge is 2.16. The molecule has 4 N–H and O–H groups in total. The maximum Gasteiger partial charge on any atom is 0.348 e. The van der Waals surface area contributed by atoms with Gasteiger partial charge in [0.25, 0.3) is 0 Å². The van der Waals surface area contributed by atoms with Gasteiger partial charge in [-0.1, -0.05) is 18.7 Å². The van der Waals surface area contributed by atoms with Crippen LogP contribution in [0, 0.1) is 5.82 Å². The number of aliphatic imine (C=N–C) groups is 1. The zero-order valence-corrected chi connectivity index (χ0v) is 19.2. The number of nitrogens with one attached hydrogen (secondary N) is 2. The van der Waals surface area contributed by atoms with Gasteiger partial charge in [0.05, 0.1) is 22.6 Å². The monoisotopic (exact) mass is 477 g/mol. The van der Waals surface area contributed by atoms with Crippen LogP contribution in [0.5, 0.6) is 5.75 Å². The third kappa shape index (κ3) is 7.42. The van der Waals surface area contributed by atoms with Crippen LogP contribution in [-0.2, 0) is 15.5 Å². The molecule has 1 atom stereocenters. The van der Waals surface area contributed by atoms with Gasteiger partial charge in [-0.3, -0.25) is 0 Å². The van der Waals surface area contributed by atoms with E-state index in [0.29, 0.717) is 11.3 Å². The molecule has 11 heteroatoms. The van der Waals surface area contributed by atoms with E-state index in [1.807, 2.05) is 0 Å². The normalized spacial score (nSPS) is 13.6. The van der Waals surface area contributed by atoms with E-state index in [-0.39, 0.29) is 28.6 Å². The van der Waals surface area contributed by atoms with Crippen LogP contribution in [0.4, 0.5) is 19.3 Å². The lowest BCUT2D eigenvalue weighted by Crippen LogP contribution is -2.16. The molecule has 33 heavy (non-hydrogen) atoms. The highest BCUT2D eigenvalue weighted by atomic mass is 32.2.